The molecule has 0 aromatic heterocycles. The van der Waals surface area contributed by atoms with Crippen molar-refractivity contribution in [2.75, 3.05) is 20.2 Å². The van der Waals surface area contributed by atoms with E-state index in [9.17, 15) is 23.4 Å². The quantitative estimate of drug-likeness (QED) is 0.374. The average molecular weight is 610 g/mol. The molecule has 2 aromatic rings. The Labute approximate surface area is 247 Å². The molecule has 1 unspecified atom stereocenters. The van der Waals surface area contributed by atoms with Gasteiger partial charge in [-0.2, -0.15) is 0 Å². The smallest absolute Gasteiger partial charge is 0.229 e. The highest BCUT2D eigenvalue weighted by atomic mass is 35.5. The Morgan fingerprint density at radius 3 is 2.30 bits per heavy atom. The van der Waals surface area contributed by atoms with Crippen LogP contribution in [0.1, 0.15) is 68.5 Å². The van der Waals surface area contributed by atoms with Crippen LogP contribution in [0.5, 0.6) is 0 Å². The lowest BCUT2D eigenvalue weighted by Crippen LogP contribution is -2.59. The Balaban J connectivity index is 1.64. The van der Waals surface area contributed by atoms with Crippen LogP contribution in [0.25, 0.3) is 0 Å². The molecule has 1 aliphatic heterocycles. The summed E-state index contributed by atoms with van der Waals surface area (Å²) in [6.07, 6.45) is 2.64. The summed E-state index contributed by atoms with van der Waals surface area (Å²) < 4.78 is 27.8. The van der Waals surface area contributed by atoms with Crippen molar-refractivity contribution in [2.24, 2.45) is 11.3 Å². The normalized spacial score (nSPS) is 27.2. The van der Waals surface area contributed by atoms with E-state index in [0.29, 0.717) is 29.3 Å². The van der Waals surface area contributed by atoms with Gasteiger partial charge in [0.1, 0.15) is 0 Å². The van der Waals surface area contributed by atoms with Gasteiger partial charge in [0, 0.05) is 41.0 Å². The standard InChI is InChI=1S/C30H38Cl2N2O5S/c1-30(15-24(36)18-35)16-26(21-4-3-5-23(32)14-21)28(20-8-10-22(31)11-9-20)34(29(30)37)27(19-6-7-19)17-33(2)40(38,39)25-12-13-25/h3-5,8-11,14,19,24-28,35-36H,6-7,12-13,15-18H2,1-2H3/t24?,26-,27-,28-,30+/m1/s1. The van der Waals surface area contributed by atoms with Gasteiger partial charge in [-0.1, -0.05) is 54.4 Å². The van der Waals surface area contributed by atoms with Crippen molar-refractivity contribution in [2.45, 2.75) is 74.8 Å². The van der Waals surface area contributed by atoms with Crippen molar-refractivity contribution in [1.29, 1.82) is 0 Å². The zero-order valence-electron chi connectivity index (χ0n) is 22.9. The summed E-state index contributed by atoms with van der Waals surface area (Å²) in [5, 5.41) is 21.1. The molecule has 7 nitrogen and oxygen atoms in total. The highest BCUT2D eigenvalue weighted by Gasteiger charge is 2.55. The largest absolute Gasteiger partial charge is 0.394 e. The highest BCUT2D eigenvalue weighted by Crippen LogP contribution is 2.54. The number of nitrogens with zero attached hydrogens (tertiary/aromatic N) is 2. The number of carbonyl (C=O) groups is 1. The molecule has 218 valence electrons. The van der Waals surface area contributed by atoms with E-state index in [2.05, 4.69) is 0 Å². The van der Waals surface area contributed by atoms with E-state index in [0.717, 1.165) is 24.0 Å². The first kappa shape index (κ1) is 29.8. The molecule has 5 atom stereocenters. The van der Waals surface area contributed by atoms with Crippen LogP contribution >= 0.6 is 23.2 Å². The molecule has 1 saturated heterocycles. The molecule has 2 aromatic carbocycles. The molecule has 3 fully saturated rings. The summed E-state index contributed by atoms with van der Waals surface area (Å²) in [7, 11) is -1.82. The first-order valence-corrected chi connectivity index (χ1v) is 16.3. The van der Waals surface area contributed by atoms with Crippen LogP contribution in [0, 0.1) is 11.3 Å². The van der Waals surface area contributed by atoms with Gasteiger partial charge in [-0.3, -0.25) is 4.79 Å². The summed E-state index contributed by atoms with van der Waals surface area (Å²) in [4.78, 5) is 16.6. The second-order valence-electron chi connectivity index (χ2n) is 12.1. The lowest BCUT2D eigenvalue weighted by molar-refractivity contribution is -0.158. The number of hydrogen-bond donors (Lipinski definition) is 2. The number of amides is 1. The van der Waals surface area contributed by atoms with Crippen LogP contribution in [0.3, 0.4) is 0 Å². The minimum atomic E-state index is -3.45. The number of carbonyl (C=O) groups excluding carboxylic acids is 1. The molecule has 0 spiro atoms. The van der Waals surface area contributed by atoms with Gasteiger partial charge >= 0.3 is 0 Å². The Morgan fingerprint density at radius 1 is 1.05 bits per heavy atom. The number of aliphatic hydroxyl groups is 2. The molecule has 10 heteroatoms. The van der Waals surface area contributed by atoms with Gasteiger partial charge < -0.3 is 15.1 Å². The molecule has 5 rings (SSSR count). The maximum atomic E-state index is 14.7. The van der Waals surface area contributed by atoms with Crippen molar-refractivity contribution >= 4 is 39.1 Å². The molecule has 2 N–H and O–H groups in total. The van der Waals surface area contributed by atoms with Crippen LogP contribution in [0.2, 0.25) is 10.0 Å². The second kappa shape index (κ2) is 11.5. The van der Waals surface area contributed by atoms with Crippen molar-refractivity contribution in [3.05, 3.63) is 69.7 Å². The van der Waals surface area contributed by atoms with E-state index in [1.165, 1.54) is 4.31 Å². The molecule has 40 heavy (non-hydrogen) atoms. The van der Waals surface area contributed by atoms with Crippen molar-refractivity contribution in [3.63, 3.8) is 0 Å². The Bertz CT molecular complexity index is 1330. The fourth-order valence-electron chi connectivity index (χ4n) is 6.45. The zero-order valence-corrected chi connectivity index (χ0v) is 25.2. The highest BCUT2D eigenvalue weighted by molar-refractivity contribution is 7.90. The number of likely N-dealkylation sites (tertiary alicyclic amines) is 1. The number of rotatable bonds is 11. The van der Waals surface area contributed by atoms with Gasteiger partial charge in [-0.05, 0) is 79.8 Å². The van der Waals surface area contributed by atoms with E-state index >= 15 is 0 Å². The van der Waals surface area contributed by atoms with Crippen LogP contribution in [-0.4, -0.2) is 71.3 Å². The van der Waals surface area contributed by atoms with E-state index < -0.39 is 34.2 Å². The van der Waals surface area contributed by atoms with Crippen molar-refractivity contribution in [3.8, 4) is 0 Å². The maximum absolute atomic E-state index is 14.7. The number of aliphatic hydroxyl groups excluding tert-OH is 2. The van der Waals surface area contributed by atoms with E-state index in [-0.39, 0.29) is 42.0 Å². The van der Waals surface area contributed by atoms with Gasteiger partial charge in [0.15, 0.2) is 0 Å². The third-order valence-corrected chi connectivity index (χ3v) is 11.7. The van der Waals surface area contributed by atoms with Gasteiger partial charge in [0.25, 0.3) is 0 Å². The second-order valence-corrected chi connectivity index (χ2v) is 15.3. The first-order chi connectivity index (χ1) is 18.9. The van der Waals surface area contributed by atoms with Crippen LogP contribution in [-0.2, 0) is 14.8 Å². The molecule has 3 aliphatic rings. The lowest BCUT2D eigenvalue weighted by Gasteiger charge is -2.53. The van der Waals surface area contributed by atoms with E-state index in [1.54, 1.807) is 7.05 Å². The summed E-state index contributed by atoms with van der Waals surface area (Å²) in [6, 6.07) is 14.4. The Hall–Kier alpha value is -1.68. The topological polar surface area (TPSA) is 98.2 Å². The SMILES string of the molecule is CN(C[C@H](C1CC1)N1C(=O)[C@@](C)(CC(O)CO)C[C@H](c2cccc(Cl)c2)[C@H]1c1ccc(Cl)cc1)S(=O)(=O)C1CC1. The monoisotopic (exact) mass is 608 g/mol. The van der Waals surface area contributed by atoms with Crippen LogP contribution in [0.15, 0.2) is 48.5 Å². The molecule has 1 heterocycles. The predicted octanol–water partition coefficient (Wildman–Crippen LogP) is 5.00. The number of halogens is 2. The molecule has 2 aliphatic carbocycles. The molecule has 0 radical (unpaired) electrons. The fourth-order valence-corrected chi connectivity index (χ4v) is 8.38. The molecule has 1 amide bonds. The van der Waals surface area contributed by atoms with E-state index in [1.807, 2.05) is 60.4 Å². The van der Waals surface area contributed by atoms with Crippen molar-refractivity contribution in [1.82, 2.24) is 9.21 Å². The number of piperidine rings is 1. The molecule has 0 bridgehead atoms. The van der Waals surface area contributed by atoms with Gasteiger partial charge in [-0.15, -0.1) is 0 Å². The summed E-state index contributed by atoms with van der Waals surface area (Å²) in [5.74, 6) is -0.159. The lowest BCUT2D eigenvalue weighted by atomic mass is 9.66. The van der Waals surface area contributed by atoms with Gasteiger partial charge in [0.2, 0.25) is 15.9 Å². The number of sulfonamides is 1. The minimum absolute atomic E-state index is 0.0941. The zero-order chi connectivity index (χ0) is 28.8. The molecular weight excluding hydrogens is 571 g/mol. The van der Waals surface area contributed by atoms with Crippen LogP contribution < -0.4 is 0 Å². The summed E-state index contributed by atoms with van der Waals surface area (Å²) >= 11 is 12.7. The van der Waals surface area contributed by atoms with Crippen LogP contribution in [0.4, 0.5) is 0 Å². The maximum Gasteiger partial charge on any atom is 0.229 e. The number of benzene rings is 2. The summed E-state index contributed by atoms with van der Waals surface area (Å²) in [6.45, 7) is 1.62. The number of hydrogen-bond acceptors (Lipinski definition) is 5. The Morgan fingerprint density at radius 2 is 1.73 bits per heavy atom. The minimum Gasteiger partial charge on any atom is -0.394 e. The summed E-state index contributed by atoms with van der Waals surface area (Å²) in [5.41, 5.74) is 0.882. The molecule has 2 saturated carbocycles. The molecular formula is C30H38Cl2N2O5S. The predicted molar refractivity (Wildman–Crippen MR) is 157 cm³/mol. The van der Waals surface area contributed by atoms with Gasteiger partial charge in [0.05, 0.1) is 24.0 Å². The Kier molecular flexibility index (Phi) is 8.60. The van der Waals surface area contributed by atoms with E-state index in [4.69, 9.17) is 23.2 Å². The fraction of sp³-hybridized carbons (Fsp3) is 0.567. The first-order valence-electron chi connectivity index (χ1n) is 14.0. The third-order valence-electron chi connectivity index (χ3n) is 8.83. The van der Waals surface area contributed by atoms with Crippen molar-refractivity contribution < 1.29 is 23.4 Å². The number of likely N-dealkylation sites (N-methyl/N-ethyl adjacent to an activating group) is 1. The third kappa shape index (κ3) is 6.08. The van der Waals surface area contributed by atoms with Gasteiger partial charge in [-0.25, -0.2) is 12.7 Å². The average Bonchev–Trinajstić information content (AvgIpc) is 3.82.